The van der Waals surface area contributed by atoms with Gasteiger partial charge >= 0.3 is 6.18 Å². The summed E-state index contributed by atoms with van der Waals surface area (Å²) >= 11 is 0. The summed E-state index contributed by atoms with van der Waals surface area (Å²) in [5, 5.41) is 14.6. The minimum Gasteiger partial charge on any atom is -0.335 e. The number of alkyl halides is 3. The summed E-state index contributed by atoms with van der Waals surface area (Å²) in [7, 11) is -3.37. The monoisotopic (exact) mass is 557 g/mol. The second kappa shape index (κ2) is 12.5. The lowest BCUT2D eigenvalue weighted by atomic mass is 9.97. The van der Waals surface area contributed by atoms with E-state index in [1.165, 1.54) is 36.4 Å². The highest BCUT2D eigenvalue weighted by Gasteiger charge is 2.43. The van der Waals surface area contributed by atoms with Crippen LogP contribution in [0, 0.1) is 17.2 Å². The molecule has 3 rings (SSSR count). The SMILES string of the molecule is CC(C)C[C@H](N[C@@H](c1ccc(-c2ccc(S(C)(=O)=O)cc2)cc1)C(F)(F)F)C(=O)NC(C#N)c1ccccc1. The number of nitrogens with one attached hydrogen (secondary N) is 2. The van der Waals surface area contributed by atoms with Crippen LogP contribution in [0.15, 0.2) is 83.8 Å². The molecule has 1 unspecified atom stereocenters. The van der Waals surface area contributed by atoms with E-state index in [1.54, 1.807) is 56.3 Å². The zero-order chi connectivity index (χ0) is 28.8. The summed E-state index contributed by atoms with van der Waals surface area (Å²) in [6, 6.07) is 17.9. The zero-order valence-corrected chi connectivity index (χ0v) is 22.6. The van der Waals surface area contributed by atoms with Gasteiger partial charge in [-0.05, 0) is 46.7 Å². The Morgan fingerprint density at radius 2 is 1.44 bits per heavy atom. The van der Waals surface area contributed by atoms with Gasteiger partial charge in [-0.1, -0.05) is 80.6 Å². The largest absolute Gasteiger partial charge is 0.407 e. The molecule has 0 aromatic heterocycles. The van der Waals surface area contributed by atoms with Gasteiger partial charge in [-0.15, -0.1) is 0 Å². The van der Waals surface area contributed by atoms with Gasteiger partial charge in [0.25, 0.3) is 0 Å². The van der Waals surface area contributed by atoms with Crippen LogP contribution in [0.2, 0.25) is 0 Å². The zero-order valence-electron chi connectivity index (χ0n) is 21.7. The minimum absolute atomic E-state index is 0.0829. The molecule has 0 fully saturated rings. The number of benzene rings is 3. The molecule has 10 heteroatoms. The maximum atomic E-state index is 14.2. The van der Waals surface area contributed by atoms with Crippen LogP contribution >= 0.6 is 0 Å². The molecule has 3 aromatic carbocycles. The van der Waals surface area contributed by atoms with Crippen molar-refractivity contribution in [2.45, 2.75) is 49.5 Å². The molecule has 6 nitrogen and oxygen atoms in total. The van der Waals surface area contributed by atoms with Crippen LogP contribution in [0.1, 0.15) is 43.5 Å². The molecule has 2 N–H and O–H groups in total. The van der Waals surface area contributed by atoms with Crippen LogP contribution in [0.5, 0.6) is 0 Å². The normalized spacial score (nSPS) is 14.3. The fourth-order valence-electron chi connectivity index (χ4n) is 4.14. The highest BCUT2D eigenvalue weighted by Crippen LogP contribution is 2.35. The van der Waals surface area contributed by atoms with Crippen molar-refractivity contribution in [3.63, 3.8) is 0 Å². The molecule has 0 heterocycles. The fraction of sp³-hybridized carbons (Fsp3) is 0.310. The van der Waals surface area contributed by atoms with E-state index >= 15 is 0 Å². The lowest BCUT2D eigenvalue weighted by Gasteiger charge is -2.29. The van der Waals surface area contributed by atoms with E-state index in [9.17, 15) is 31.6 Å². The van der Waals surface area contributed by atoms with Gasteiger partial charge in [-0.25, -0.2) is 8.42 Å². The Hall–Kier alpha value is -3.68. The Morgan fingerprint density at radius 3 is 1.90 bits per heavy atom. The van der Waals surface area contributed by atoms with Gasteiger partial charge in [-0.3, -0.25) is 10.1 Å². The Morgan fingerprint density at radius 1 is 0.897 bits per heavy atom. The summed E-state index contributed by atoms with van der Waals surface area (Å²) in [5.41, 5.74) is 1.70. The molecule has 3 atom stereocenters. The first-order valence-electron chi connectivity index (χ1n) is 12.3. The predicted molar refractivity (Wildman–Crippen MR) is 143 cm³/mol. The molecule has 0 aliphatic carbocycles. The third-order valence-corrected chi connectivity index (χ3v) is 7.26. The first kappa shape index (κ1) is 29.9. The van der Waals surface area contributed by atoms with E-state index in [0.29, 0.717) is 16.7 Å². The van der Waals surface area contributed by atoms with E-state index in [-0.39, 0.29) is 22.8 Å². The van der Waals surface area contributed by atoms with E-state index in [4.69, 9.17) is 0 Å². The number of carbonyl (C=O) groups excluding carboxylic acids is 1. The van der Waals surface area contributed by atoms with Crippen molar-refractivity contribution in [3.8, 4) is 17.2 Å². The minimum atomic E-state index is -4.71. The second-order valence-electron chi connectivity index (χ2n) is 9.72. The number of amides is 1. The number of rotatable bonds is 10. The van der Waals surface area contributed by atoms with Crippen molar-refractivity contribution in [3.05, 3.63) is 90.0 Å². The molecule has 0 aliphatic heterocycles. The third kappa shape index (κ3) is 8.15. The Kier molecular flexibility index (Phi) is 9.54. The molecular weight excluding hydrogens is 527 g/mol. The van der Waals surface area contributed by atoms with E-state index in [2.05, 4.69) is 10.6 Å². The number of nitrogens with zero attached hydrogens (tertiary/aromatic N) is 1. The van der Waals surface area contributed by atoms with E-state index < -0.39 is 40.0 Å². The van der Waals surface area contributed by atoms with Gasteiger partial charge in [0.1, 0.15) is 12.1 Å². The Labute approximate surface area is 226 Å². The van der Waals surface area contributed by atoms with Gasteiger partial charge < -0.3 is 5.32 Å². The molecule has 0 spiro atoms. The van der Waals surface area contributed by atoms with Crippen molar-refractivity contribution in [2.24, 2.45) is 5.92 Å². The van der Waals surface area contributed by atoms with Gasteiger partial charge in [0.2, 0.25) is 5.91 Å². The van der Waals surface area contributed by atoms with Crippen LogP contribution in [0.25, 0.3) is 11.1 Å². The molecule has 39 heavy (non-hydrogen) atoms. The summed E-state index contributed by atoms with van der Waals surface area (Å²) in [5.74, 6) is -0.799. The number of carbonyl (C=O) groups is 1. The van der Waals surface area contributed by atoms with E-state index in [0.717, 1.165) is 6.26 Å². The Balaban J connectivity index is 1.85. The van der Waals surface area contributed by atoms with Crippen molar-refractivity contribution in [2.75, 3.05) is 6.26 Å². The Bertz CT molecular complexity index is 1400. The standard InChI is InChI=1S/C29H30F3N3O3S/c1-19(2)17-25(28(36)35-26(18-33)22-7-5-4-6-8-22)34-27(29(30,31)32)23-11-9-20(10-12-23)21-13-15-24(16-14-21)39(3,37)38/h4-16,19,25-27,34H,17H2,1-3H3,(H,35,36)/t25-,26?,27-/m0/s1. The highest BCUT2D eigenvalue weighted by molar-refractivity contribution is 7.90. The fourth-order valence-corrected chi connectivity index (χ4v) is 4.77. The van der Waals surface area contributed by atoms with Gasteiger partial charge in [0.05, 0.1) is 17.0 Å². The first-order chi connectivity index (χ1) is 18.3. The average molecular weight is 558 g/mol. The number of hydrogen-bond acceptors (Lipinski definition) is 5. The van der Waals surface area contributed by atoms with Gasteiger partial charge in [0.15, 0.2) is 9.84 Å². The molecule has 0 radical (unpaired) electrons. The lowest BCUT2D eigenvalue weighted by Crippen LogP contribution is -2.50. The molecule has 3 aromatic rings. The maximum Gasteiger partial charge on any atom is 0.407 e. The number of halogens is 3. The van der Waals surface area contributed by atoms with Crippen LogP contribution in [-0.2, 0) is 14.6 Å². The predicted octanol–water partition coefficient (Wildman–Crippen LogP) is 5.75. The third-order valence-electron chi connectivity index (χ3n) is 6.13. The number of hydrogen-bond donors (Lipinski definition) is 2. The van der Waals surface area contributed by atoms with Gasteiger partial charge in [-0.2, -0.15) is 18.4 Å². The smallest absolute Gasteiger partial charge is 0.335 e. The highest BCUT2D eigenvalue weighted by atomic mass is 32.2. The summed E-state index contributed by atoms with van der Waals surface area (Å²) in [6.45, 7) is 3.60. The summed E-state index contributed by atoms with van der Waals surface area (Å²) in [4.78, 5) is 13.3. The van der Waals surface area contributed by atoms with E-state index in [1.807, 2.05) is 6.07 Å². The molecule has 0 saturated heterocycles. The molecule has 0 bridgehead atoms. The van der Waals surface area contributed by atoms with Crippen LogP contribution in [-0.4, -0.2) is 32.8 Å². The van der Waals surface area contributed by atoms with Crippen LogP contribution in [0.3, 0.4) is 0 Å². The lowest BCUT2D eigenvalue weighted by molar-refractivity contribution is -0.161. The molecule has 0 saturated carbocycles. The first-order valence-corrected chi connectivity index (χ1v) is 14.2. The summed E-state index contributed by atoms with van der Waals surface area (Å²) < 4.78 is 66.1. The van der Waals surface area contributed by atoms with Crippen molar-refractivity contribution in [1.29, 1.82) is 5.26 Å². The summed E-state index contributed by atoms with van der Waals surface area (Å²) in [6.07, 6.45) is -3.49. The van der Waals surface area contributed by atoms with Crippen LogP contribution < -0.4 is 10.6 Å². The average Bonchev–Trinajstić information content (AvgIpc) is 2.89. The van der Waals surface area contributed by atoms with Crippen molar-refractivity contribution < 1.29 is 26.4 Å². The second-order valence-corrected chi connectivity index (χ2v) is 11.7. The molecular formula is C29H30F3N3O3S. The number of nitriles is 1. The molecule has 206 valence electrons. The molecule has 1 amide bonds. The van der Waals surface area contributed by atoms with Gasteiger partial charge in [0, 0.05) is 6.26 Å². The topological polar surface area (TPSA) is 99.1 Å². The maximum absolute atomic E-state index is 14.2. The van der Waals surface area contributed by atoms with Crippen molar-refractivity contribution in [1.82, 2.24) is 10.6 Å². The number of sulfone groups is 1. The van der Waals surface area contributed by atoms with Crippen LogP contribution in [0.4, 0.5) is 13.2 Å². The quantitative estimate of drug-likeness (QED) is 0.331. The molecule has 0 aliphatic rings. The van der Waals surface area contributed by atoms with Crippen molar-refractivity contribution >= 4 is 15.7 Å².